The first kappa shape index (κ1) is 22.7. The molecular weight excluding hydrogens is 471 g/mol. The highest BCUT2D eigenvalue weighted by atomic mass is 35.5. The van der Waals surface area contributed by atoms with Gasteiger partial charge in [-0.3, -0.25) is 9.36 Å². The Morgan fingerprint density at radius 2 is 1.86 bits per heavy atom. The van der Waals surface area contributed by atoms with Crippen LogP contribution in [0.15, 0.2) is 46.1 Å². The van der Waals surface area contributed by atoms with Gasteiger partial charge in [-0.05, 0) is 49.7 Å². The lowest BCUT2D eigenvalue weighted by molar-refractivity contribution is 0.584. The van der Waals surface area contributed by atoms with Crippen LogP contribution in [-0.2, 0) is 15.8 Å². The van der Waals surface area contributed by atoms with Gasteiger partial charge in [0.2, 0.25) is 10.0 Å². The zero-order valence-electron chi connectivity index (χ0n) is 15.8. The van der Waals surface area contributed by atoms with E-state index in [-0.39, 0.29) is 22.4 Å². The van der Waals surface area contributed by atoms with Crippen LogP contribution in [0.2, 0.25) is 10.0 Å². The Hall–Kier alpha value is -1.03. The maximum absolute atomic E-state index is 12.6. The fraction of sp³-hybridized carbons (Fsp3) is 0.316. The van der Waals surface area contributed by atoms with Crippen molar-refractivity contribution < 1.29 is 8.42 Å². The van der Waals surface area contributed by atoms with E-state index in [2.05, 4.69) is 4.72 Å². The third-order valence-electron chi connectivity index (χ3n) is 4.26. The van der Waals surface area contributed by atoms with Gasteiger partial charge in [0, 0.05) is 34.1 Å². The molecule has 0 aliphatic carbocycles. The highest BCUT2D eigenvalue weighted by Crippen LogP contribution is 2.28. The molecule has 0 spiro atoms. The first-order chi connectivity index (χ1) is 13.7. The predicted octanol–water partition coefficient (Wildman–Crippen LogP) is 5.16. The van der Waals surface area contributed by atoms with Crippen LogP contribution in [-0.4, -0.2) is 25.3 Å². The van der Waals surface area contributed by atoms with Crippen LogP contribution < -0.4 is 9.60 Å². The van der Waals surface area contributed by atoms with Gasteiger partial charge in [-0.1, -0.05) is 40.6 Å². The summed E-state index contributed by atoms with van der Waals surface area (Å²) in [6.45, 7) is 4.12. The topological polar surface area (TPSA) is 68.2 Å². The number of thioether (sulfide) groups is 1. The Balaban J connectivity index is 1.63. The number of hydrogen-bond acceptors (Lipinski definition) is 5. The first-order valence-corrected chi connectivity index (χ1v) is 13.1. The average molecular weight is 491 g/mol. The van der Waals surface area contributed by atoms with Crippen LogP contribution in [0.1, 0.15) is 25.5 Å². The summed E-state index contributed by atoms with van der Waals surface area (Å²) in [6, 6.07) is 10.1. The molecule has 0 aliphatic heterocycles. The lowest BCUT2D eigenvalue weighted by Gasteiger charge is -2.10. The van der Waals surface area contributed by atoms with Gasteiger partial charge in [-0.2, -0.15) is 11.8 Å². The molecule has 29 heavy (non-hydrogen) atoms. The summed E-state index contributed by atoms with van der Waals surface area (Å²) < 4.78 is 30.1. The smallest absolute Gasteiger partial charge is 0.296 e. The number of fused-ring (bicyclic) bond motifs is 1. The number of rotatable bonds is 8. The Morgan fingerprint density at radius 3 is 2.52 bits per heavy atom. The van der Waals surface area contributed by atoms with Crippen molar-refractivity contribution in [1.29, 1.82) is 0 Å². The van der Waals surface area contributed by atoms with Crippen LogP contribution in [0.4, 0.5) is 0 Å². The SMILES string of the molecule is CC(C)n1c(=O)sc2cc(S(=O)(=O)NCCSCc3c(Cl)cccc3Cl)ccc21. The van der Waals surface area contributed by atoms with E-state index in [0.717, 1.165) is 22.4 Å². The molecule has 0 atom stereocenters. The van der Waals surface area contributed by atoms with Crippen molar-refractivity contribution >= 4 is 66.5 Å². The molecule has 1 N–H and O–H groups in total. The van der Waals surface area contributed by atoms with Crippen LogP contribution in [0.5, 0.6) is 0 Å². The minimum atomic E-state index is -3.66. The summed E-state index contributed by atoms with van der Waals surface area (Å²) in [5.41, 5.74) is 1.60. The standard InChI is InChI=1S/C19H20Cl2N2O3S3/c1-12(2)23-17-7-6-13(10-18(17)28-19(23)24)29(25,26)22-8-9-27-11-14-15(20)4-3-5-16(14)21/h3-7,10,12,22H,8-9,11H2,1-2H3. The van der Waals surface area contributed by atoms with E-state index in [4.69, 9.17) is 23.2 Å². The molecule has 0 unspecified atom stereocenters. The van der Waals surface area contributed by atoms with Crippen molar-refractivity contribution in [2.24, 2.45) is 0 Å². The molecule has 0 radical (unpaired) electrons. The molecule has 0 saturated heterocycles. The number of aromatic nitrogens is 1. The highest BCUT2D eigenvalue weighted by molar-refractivity contribution is 7.98. The van der Waals surface area contributed by atoms with E-state index in [1.54, 1.807) is 46.7 Å². The third kappa shape index (κ3) is 5.18. The van der Waals surface area contributed by atoms with E-state index in [0.29, 0.717) is 26.3 Å². The predicted molar refractivity (Wildman–Crippen MR) is 124 cm³/mol. The van der Waals surface area contributed by atoms with Crippen molar-refractivity contribution in [1.82, 2.24) is 9.29 Å². The van der Waals surface area contributed by atoms with E-state index >= 15 is 0 Å². The highest BCUT2D eigenvalue weighted by Gasteiger charge is 2.17. The Bertz CT molecular complexity index is 1170. The van der Waals surface area contributed by atoms with Gasteiger partial charge >= 0.3 is 4.87 Å². The molecule has 5 nitrogen and oxygen atoms in total. The van der Waals surface area contributed by atoms with Gasteiger partial charge in [-0.25, -0.2) is 13.1 Å². The Morgan fingerprint density at radius 1 is 1.17 bits per heavy atom. The fourth-order valence-corrected chi connectivity index (χ4v) is 6.76. The molecule has 0 saturated carbocycles. The fourth-order valence-electron chi connectivity index (χ4n) is 2.85. The molecule has 0 aliphatic rings. The minimum Gasteiger partial charge on any atom is -0.296 e. The van der Waals surface area contributed by atoms with Crippen molar-refractivity contribution in [3.8, 4) is 0 Å². The molecule has 2 aromatic carbocycles. The molecule has 10 heteroatoms. The molecule has 0 fully saturated rings. The van der Waals surface area contributed by atoms with Crippen LogP contribution >= 0.6 is 46.3 Å². The maximum atomic E-state index is 12.6. The zero-order chi connectivity index (χ0) is 21.2. The van der Waals surface area contributed by atoms with E-state index in [9.17, 15) is 13.2 Å². The van der Waals surface area contributed by atoms with Crippen molar-refractivity contribution in [3.63, 3.8) is 0 Å². The minimum absolute atomic E-state index is 0.0143. The number of halogens is 2. The molecule has 3 rings (SSSR count). The summed E-state index contributed by atoms with van der Waals surface area (Å²) in [5.74, 6) is 1.17. The van der Waals surface area contributed by atoms with Crippen LogP contribution in [0.25, 0.3) is 10.2 Å². The second-order valence-electron chi connectivity index (χ2n) is 6.61. The lowest BCUT2D eigenvalue weighted by Crippen LogP contribution is -2.26. The average Bonchev–Trinajstić information content (AvgIpc) is 2.98. The maximum Gasteiger partial charge on any atom is 0.308 e. The number of nitrogens with one attached hydrogen (secondary N) is 1. The Labute approximate surface area is 188 Å². The molecular formula is C19H20Cl2N2O3S3. The molecule has 156 valence electrons. The second-order valence-corrected chi connectivity index (χ2v) is 11.3. The molecule has 3 aromatic rings. The van der Waals surface area contributed by atoms with Crippen molar-refractivity contribution in [2.75, 3.05) is 12.3 Å². The van der Waals surface area contributed by atoms with E-state index in [1.807, 2.05) is 13.8 Å². The van der Waals surface area contributed by atoms with Crippen LogP contribution in [0.3, 0.4) is 0 Å². The summed E-state index contributed by atoms with van der Waals surface area (Å²) in [7, 11) is -3.66. The van der Waals surface area contributed by atoms with Gasteiger partial charge in [0.05, 0.1) is 15.1 Å². The molecule has 0 bridgehead atoms. The normalized spacial score (nSPS) is 12.2. The second kappa shape index (κ2) is 9.41. The van der Waals surface area contributed by atoms with E-state index in [1.165, 1.54) is 6.07 Å². The largest absolute Gasteiger partial charge is 0.308 e. The first-order valence-electron chi connectivity index (χ1n) is 8.86. The van der Waals surface area contributed by atoms with E-state index < -0.39 is 10.0 Å². The number of benzene rings is 2. The molecule has 1 aromatic heterocycles. The summed E-state index contributed by atoms with van der Waals surface area (Å²) in [6.07, 6.45) is 0. The van der Waals surface area contributed by atoms with Gasteiger partial charge in [0.25, 0.3) is 0 Å². The number of thiazole rings is 1. The van der Waals surface area contributed by atoms with Gasteiger partial charge in [0.15, 0.2) is 0 Å². The van der Waals surface area contributed by atoms with Gasteiger partial charge in [0.1, 0.15) is 0 Å². The van der Waals surface area contributed by atoms with Gasteiger partial charge < -0.3 is 0 Å². The number of hydrogen-bond donors (Lipinski definition) is 1. The Kier molecular flexibility index (Phi) is 7.35. The third-order valence-corrected chi connectivity index (χ3v) is 8.33. The summed E-state index contributed by atoms with van der Waals surface area (Å²) in [5, 5.41) is 1.21. The van der Waals surface area contributed by atoms with Crippen molar-refractivity contribution in [3.05, 3.63) is 61.7 Å². The zero-order valence-corrected chi connectivity index (χ0v) is 19.8. The lowest BCUT2D eigenvalue weighted by atomic mass is 10.2. The summed E-state index contributed by atoms with van der Waals surface area (Å²) in [4.78, 5) is 12.2. The van der Waals surface area contributed by atoms with Crippen LogP contribution in [0, 0.1) is 0 Å². The monoisotopic (exact) mass is 490 g/mol. The number of sulfonamides is 1. The van der Waals surface area contributed by atoms with Gasteiger partial charge in [-0.15, -0.1) is 0 Å². The quantitative estimate of drug-likeness (QED) is 0.442. The molecule has 0 amide bonds. The van der Waals surface area contributed by atoms with Crippen molar-refractivity contribution in [2.45, 2.75) is 30.5 Å². The summed E-state index contributed by atoms with van der Waals surface area (Å²) >= 11 is 14.9. The number of nitrogens with zero attached hydrogens (tertiary/aromatic N) is 1. The molecule has 1 heterocycles.